The van der Waals surface area contributed by atoms with E-state index in [9.17, 15) is 4.79 Å². The van der Waals surface area contributed by atoms with Gasteiger partial charge in [-0.1, -0.05) is 6.07 Å². The fraction of sp³-hybridized carbons (Fsp3) is 0.333. The molecule has 3 rings (SSSR count). The standard InChI is InChI=1S/C15H16N4O/c20-14-5-3-13(4-6-14)19-15-17-9-12(10-18-15)11-2-1-7-16-8-11/h1-2,7-10,13H,3-6H2,(H,17,18,19). The highest BCUT2D eigenvalue weighted by molar-refractivity contribution is 5.79. The summed E-state index contributed by atoms with van der Waals surface area (Å²) in [6, 6.07) is 4.17. The van der Waals surface area contributed by atoms with Crippen molar-refractivity contribution in [2.24, 2.45) is 0 Å². The van der Waals surface area contributed by atoms with Crippen molar-refractivity contribution in [3.8, 4) is 11.1 Å². The molecule has 0 radical (unpaired) electrons. The lowest BCUT2D eigenvalue weighted by atomic mass is 9.94. The number of hydrogen-bond acceptors (Lipinski definition) is 5. The second-order valence-electron chi connectivity index (χ2n) is 4.99. The third kappa shape index (κ3) is 2.99. The minimum absolute atomic E-state index is 0.303. The van der Waals surface area contributed by atoms with E-state index in [2.05, 4.69) is 20.3 Å². The molecular weight excluding hydrogens is 252 g/mol. The van der Waals surface area contributed by atoms with Gasteiger partial charge in [0.05, 0.1) is 0 Å². The summed E-state index contributed by atoms with van der Waals surface area (Å²) < 4.78 is 0. The van der Waals surface area contributed by atoms with Crippen LogP contribution in [0.2, 0.25) is 0 Å². The van der Waals surface area contributed by atoms with E-state index in [0.717, 1.165) is 24.0 Å². The second-order valence-corrected chi connectivity index (χ2v) is 4.99. The summed E-state index contributed by atoms with van der Waals surface area (Å²) in [5.41, 5.74) is 1.95. The van der Waals surface area contributed by atoms with Crippen LogP contribution < -0.4 is 5.32 Å². The molecule has 1 aliphatic rings. The number of Topliss-reactive ketones (excluding diaryl/α,β-unsaturated/α-hetero) is 1. The van der Waals surface area contributed by atoms with Gasteiger partial charge in [0.1, 0.15) is 5.78 Å². The monoisotopic (exact) mass is 268 g/mol. The molecule has 5 heteroatoms. The van der Waals surface area contributed by atoms with Crippen molar-refractivity contribution < 1.29 is 4.79 Å². The average Bonchev–Trinajstić information content (AvgIpc) is 2.51. The first-order valence-electron chi connectivity index (χ1n) is 6.82. The van der Waals surface area contributed by atoms with E-state index in [1.807, 2.05) is 12.1 Å². The molecule has 0 bridgehead atoms. The van der Waals surface area contributed by atoms with Crippen LogP contribution in [0.15, 0.2) is 36.9 Å². The number of hydrogen-bond donors (Lipinski definition) is 1. The molecule has 1 N–H and O–H groups in total. The zero-order chi connectivity index (χ0) is 13.8. The normalized spacial score (nSPS) is 16.1. The number of rotatable bonds is 3. The van der Waals surface area contributed by atoms with Crippen LogP contribution in [-0.2, 0) is 4.79 Å². The van der Waals surface area contributed by atoms with Crippen LogP contribution in [0.5, 0.6) is 0 Å². The highest BCUT2D eigenvalue weighted by Crippen LogP contribution is 2.19. The quantitative estimate of drug-likeness (QED) is 0.926. The third-order valence-corrected chi connectivity index (χ3v) is 3.52. The summed E-state index contributed by atoms with van der Waals surface area (Å²) in [5, 5.41) is 3.29. The molecule has 102 valence electrons. The molecule has 0 spiro atoms. The molecule has 5 nitrogen and oxygen atoms in total. The average molecular weight is 268 g/mol. The molecule has 0 amide bonds. The second kappa shape index (κ2) is 5.77. The first-order valence-corrected chi connectivity index (χ1v) is 6.82. The topological polar surface area (TPSA) is 67.8 Å². The van der Waals surface area contributed by atoms with Crippen LogP contribution in [0.3, 0.4) is 0 Å². The third-order valence-electron chi connectivity index (χ3n) is 3.52. The van der Waals surface area contributed by atoms with E-state index >= 15 is 0 Å². The van der Waals surface area contributed by atoms with Crippen molar-refractivity contribution in [2.45, 2.75) is 31.7 Å². The van der Waals surface area contributed by atoms with Crippen LogP contribution in [0.1, 0.15) is 25.7 Å². The highest BCUT2D eigenvalue weighted by atomic mass is 16.1. The van der Waals surface area contributed by atoms with Crippen molar-refractivity contribution in [3.05, 3.63) is 36.9 Å². The Hall–Kier alpha value is -2.30. The molecule has 0 saturated heterocycles. The molecular formula is C15H16N4O. The van der Waals surface area contributed by atoms with Gasteiger partial charge in [0, 0.05) is 54.8 Å². The van der Waals surface area contributed by atoms with Crippen molar-refractivity contribution in [2.75, 3.05) is 5.32 Å². The molecule has 2 aromatic heterocycles. The fourth-order valence-corrected chi connectivity index (χ4v) is 2.35. The summed E-state index contributed by atoms with van der Waals surface area (Å²) in [6.07, 6.45) is 10.2. The minimum Gasteiger partial charge on any atom is -0.351 e. The maximum absolute atomic E-state index is 11.2. The van der Waals surface area contributed by atoms with E-state index in [1.54, 1.807) is 24.8 Å². The number of pyridine rings is 1. The molecule has 0 unspecified atom stereocenters. The first-order chi connectivity index (χ1) is 9.81. The lowest BCUT2D eigenvalue weighted by Gasteiger charge is -2.21. The van der Waals surface area contributed by atoms with Gasteiger partial charge in [0.2, 0.25) is 5.95 Å². The van der Waals surface area contributed by atoms with E-state index in [-0.39, 0.29) is 0 Å². The van der Waals surface area contributed by atoms with Gasteiger partial charge >= 0.3 is 0 Å². The van der Waals surface area contributed by atoms with E-state index < -0.39 is 0 Å². The Labute approximate surface area is 117 Å². The number of carbonyl (C=O) groups excluding carboxylic acids is 1. The summed E-state index contributed by atoms with van der Waals surface area (Å²) in [7, 11) is 0. The highest BCUT2D eigenvalue weighted by Gasteiger charge is 2.18. The van der Waals surface area contributed by atoms with Crippen LogP contribution in [0.4, 0.5) is 5.95 Å². The van der Waals surface area contributed by atoms with Crippen molar-refractivity contribution in [1.29, 1.82) is 0 Å². The van der Waals surface area contributed by atoms with Crippen LogP contribution in [0, 0.1) is 0 Å². The first kappa shape index (κ1) is 12.7. The summed E-state index contributed by atoms with van der Waals surface area (Å²) in [6.45, 7) is 0. The van der Waals surface area contributed by atoms with Gasteiger partial charge < -0.3 is 5.32 Å². The molecule has 1 aliphatic carbocycles. The molecule has 0 aliphatic heterocycles. The maximum atomic E-state index is 11.2. The zero-order valence-corrected chi connectivity index (χ0v) is 11.1. The van der Waals surface area contributed by atoms with Crippen molar-refractivity contribution >= 4 is 11.7 Å². The van der Waals surface area contributed by atoms with Gasteiger partial charge in [-0.15, -0.1) is 0 Å². The van der Waals surface area contributed by atoms with E-state index in [1.165, 1.54) is 0 Å². The summed E-state index contributed by atoms with van der Waals surface area (Å²) in [5.74, 6) is 0.980. The largest absolute Gasteiger partial charge is 0.351 e. The Balaban J connectivity index is 1.66. The predicted molar refractivity (Wildman–Crippen MR) is 76.1 cm³/mol. The fourth-order valence-electron chi connectivity index (χ4n) is 2.35. The molecule has 2 heterocycles. The maximum Gasteiger partial charge on any atom is 0.222 e. The lowest BCUT2D eigenvalue weighted by Crippen LogP contribution is -2.26. The Bertz CT molecular complexity index is 573. The smallest absolute Gasteiger partial charge is 0.222 e. The van der Waals surface area contributed by atoms with Gasteiger partial charge in [0.15, 0.2) is 0 Å². The number of anilines is 1. The number of nitrogens with zero attached hydrogens (tertiary/aromatic N) is 3. The lowest BCUT2D eigenvalue weighted by molar-refractivity contribution is -0.120. The molecule has 1 saturated carbocycles. The molecule has 20 heavy (non-hydrogen) atoms. The Morgan fingerprint density at radius 3 is 2.45 bits per heavy atom. The van der Waals surface area contributed by atoms with E-state index in [0.29, 0.717) is 30.6 Å². The van der Waals surface area contributed by atoms with Gasteiger partial charge in [-0.05, 0) is 18.9 Å². The van der Waals surface area contributed by atoms with Gasteiger partial charge in [0.25, 0.3) is 0 Å². The summed E-state index contributed by atoms with van der Waals surface area (Å²) in [4.78, 5) is 23.9. The van der Waals surface area contributed by atoms with Crippen molar-refractivity contribution in [3.63, 3.8) is 0 Å². The van der Waals surface area contributed by atoms with Gasteiger partial charge in [-0.25, -0.2) is 9.97 Å². The zero-order valence-electron chi connectivity index (χ0n) is 11.1. The molecule has 1 fully saturated rings. The molecule has 2 aromatic rings. The number of aromatic nitrogens is 3. The Morgan fingerprint density at radius 2 is 1.80 bits per heavy atom. The Kier molecular flexibility index (Phi) is 3.67. The van der Waals surface area contributed by atoms with Crippen LogP contribution in [-0.4, -0.2) is 26.8 Å². The van der Waals surface area contributed by atoms with Crippen LogP contribution >= 0.6 is 0 Å². The number of ketones is 1. The summed E-state index contributed by atoms with van der Waals surface area (Å²) >= 11 is 0. The van der Waals surface area contributed by atoms with Gasteiger partial charge in [-0.2, -0.15) is 0 Å². The van der Waals surface area contributed by atoms with E-state index in [4.69, 9.17) is 0 Å². The minimum atomic E-state index is 0.303. The molecule has 0 aromatic carbocycles. The SMILES string of the molecule is O=C1CCC(Nc2ncc(-c3cccnc3)cn2)CC1. The number of carbonyl (C=O) groups is 1. The molecule has 0 atom stereocenters. The Morgan fingerprint density at radius 1 is 1.05 bits per heavy atom. The van der Waals surface area contributed by atoms with Crippen molar-refractivity contribution in [1.82, 2.24) is 15.0 Å². The van der Waals surface area contributed by atoms with Gasteiger partial charge in [-0.3, -0.25) is 9.78 Å². The van der Waals surface area contributed by atoms with Crippen LogP contribution in [0.25, 0.3) is 11.1 Å². The number of nitrogens with one attached hydrogen (secondary N) is 1. The predicted octanol–water partition coefficient (Wildman–Crippen LogP) is 2.46.